The molecule has 160 valence electrons. The van der Waals surface area contributed by atoms with Gasteiger partial charge in [-0.25, -0.2) is 8.42 Å². The van der Waals surface area contributed by atoms with Gasteiger partial charge >= 0.3 is 0 Å². The van der Waals surface area contributed by atoms with Crippen molar-refractivity contribution in [3.63, 3.8) is 0 Å². The Morgan fingerprint density at radius 1 is 1.03 bits per heavy atom. The molecule has 0 aromatic heterocycles. The summed E-state index contributed by atoms with van der Waals surface area (Å²) in [4.78, 5) is 27.0. The molecule has 1 N–H and O–H groups in total. The Kier molecular flexibility index (Phi) is 7.26. The zero-order valence-corrected chi connectivity index (χ0v) is 18.0. The van der Waals surface area contributed by atoms with Gasteiger partial charge in [-0.2, -0.15) is 0 Å². The number of carbonyl (C=O) groups excluding carboxylic acids is 2. The highest BCUT2D eigenvalue weighted by Crippen LogP contribution is 2.16. The van der Waals surface area contributed by atoms with Crippen molar-refractivity contribution in [2.24, 2.45) is 0 Å². The molecule has 2 aromatic rings. The number of nitrogens with zero attached hydrogens (tertiary/aromatic N) is 1. The van der Waals surface area contributed by atoms with Gasteiger partial charge in [0.15, 0.2) is 9.84 Å². The number of carbonyl (C=O) groups is 2. The van der Waals surface area contributed by atoms with E-state index in [-0.39, 0.29) is 35.9 Å². The van der Waals surface area contributed by atoms with Crippen molar-refractivity contribution in [3.05, 3.63) is 71.3 Å². The Morgan fingerprint density at radius 2 is 1.73 bits per heavy atom. The summed E-state index contributed by atoms with van der Waals surface area (Å²) in [7, 11) is -3.06. The summed E-state index contributed by atoms with van der Waals surface area (Å²) in [5.41, 5.74) is 2.76. The molecule has 0 aliphatic carbocycles. The third-order valence-electron chi connectivity index (χ3n) is 5.37. The van der Waals surface area contributed by atoms with Gasteiger partial charge in [0.1, 0.15) is 0 Å². The van der Waals surface area contributed by atoms with Crippen LogP contribution >= 0.6 is 0 Å². The first-order valence-electron chi connectivity index (χ1n) is 10.3. The minimum Gasteiger partial charge on any atom is -0.351 e. The van der Waals surface area contributed by atoms with E-state index < -0.39 is 9.84 Å². The third kappa shape index (κ3) is 5.92. The highest BCUT2D eigenvalue weighted by atomic mass is 32.2. The first-order chi connectivity index (χ1) is 14.4. The topological polar surface area (TPSA) is 83.6 Å². The maximum atomic E-state index is 13.1. The van der Waals surface area contributed by atoms with Crippen molar-refractivity contribution in [3.8, 4) is 0 Å². The molecular weight excluding hydrogens is 400 g/mol. The largest absolute Gasteiger partial charge is 0.351 e. The molecule has 0 bridgehead atoms. The number of likely N-dealkylation sites (N-methyl/N-ethyl adjacent to an activating group) is 1. The van der Waals surface area contributed by atoms with E-state index in [4.69, 9.17) is 0 Å². The average Bonchev–Trinajstić information content (AvgIpc) is 3.09. The minimum absolute atomic E-state index is 0.0267. The van der Waals surface area contributed by atoms with Crippen LogP contribution in [0.5, 0.6) is 0 Å². The van der Waals surface area contributed by atoms with E-state index in [2.05, 4.69) is 17.4 Å². The van der Waals surface area contributed by atoms with Crippen molar-refractivity contribution in [1.82, 2.24) is 10.2 Å². The second kappa shape index (κ2) is 9.89. The summed E-state index contributed by atoms with van der Waals surface area (Å²) in [6.45, 7) is 2.14. The van der Waals surface area contributed by atoms with Crippen LogP contribution in [0.15, 0.2) is 54.6 Å². The van der Waals surface area contributed by atoms with Gasteiger partial charge in [0.05, 0.1) is 18.1 Å². The molecule has 2 amide bonds. The molecule has 0 saturated carbocycles. The second-order valence-electron chi connectivity index (χ2n) is 7.63. The van der Waals surface area contributed by atoms with Gasteiger partial charge in [0.2, 0.25) is 5.91 Å². The molecule has 6 nitrogen and oxygen atoms in total. The highest BCUT2D eigenvalue weighted by molar-refractivity contribution is 7.91. The second-order valence-corrected chi connectivity index (χ2v) is 9.86. The number of nitrogens with one attached hydrogen (secondary N) is 1. The number of benzene rings is 2. The van der Waals surface area contributed by atoms with E-state index >= 15 is 0 Å². The van der Waals surface area contributed by atoms with Crippen LogP contribution in [-0.4, -0.2) is 55.8 Å². The minimum atomic E-state index is -3.06. The van der Waals surface area contributed by atoms with E-state index in [0.717, 1.165) is 18.4 Å². The van der Waals surface area contributed by atoms with Gasteiger partial charge in [-0.1, -0.05) is 48.5 Å². The van der Waals surface area contributed by atoms with Gasteiger partial charge in [0, 0.05) is 18.2 Å². The van der Waals surface area contributed by atoms with E-state index in [1.807, 2.05) is 43.3 Å². The normalized spacial score (nSPS) is 17.4. The van der Waals surface area contributed by atoms with E-state index in [1.165, 1.54) is 10.5 Å². The van der Waals surface area contributed by atoms with Crippen LogP contribution in [-0.2, 0) is 27.5 Å². The summed E-state index contributed by atoms with van der Waals surface area (Å²) in [6.07, 6.45) is 1.99. The van der Waals surface area contributed by atoms with Crippen LogP contribution in [0, 0.1) is 0 Å². The predicted molar refractivity (Wildman–Crippen MR) is 117 cm³/mol. The monoisotopic (exact) mass is 428 g/mol. The molecule has 1 unspecified atom stereocenters. The molecule has 1 aliphatic heterocycles. The zero-order chi connectivity index (χ0) is 21.6. The highest BCUT2D eigenvalue weighted by Gasteiger charge is 2.29. The van der Waals surface area contributed by atoms with Crippen LogP contribution in [0.1, 0.15) is 34.8 Å². The van der Waals surface area contributed by atoms with Crippen molar-refractivity contribution < 1.29 is 18.0 Å². The maximum Gasteiger partial charge on any atom is 0.254 e. The lowest BCUT2D eigenvalue weighted by molar-refractivity contribution is -0.122. The molecule has 1 heterocycles. The van der Waals surface area contributed by atoms with Crippen molar-refractivity contribution >= 4 is 21.7 Å². The molecule has 1 fully saturated rings. The first-order valence-corrected chi connectivity index (χ1v) is 12.1. The van der Waals surface area contributed by atoms with E-state index in [0.29, 0.717) is 18.5 Å². The summed E-state index contributed by atoms with van der Waals surface area (Å²) in [6, 6.07) is 17.2. The van der Waals surface area contributed by atoms with Crippen LogP contribution in [0.2, 0.25) is 0 Å². The number of rotatable bonds is 8. The molecule has 1 saturated heterocycles. The summed E-state index contributed by atoms with van der Waals surface area (Å²) >= 11 is 0. The molecule has 3 rings (SSSR count). The van der Waals surface area contributed by atoms with Crippen molar-refractivity contribution in [1.29, 1.82) is 0 Å². The van der Waals surface area contributed by atoms with Gasteiger partial charge in [-0.15, -0.1) is 0 Å². The predicted octanol–water partition coefficient (Wildman–Crippen LogP) is 2.24. The fourth-order valence-corrected chi connectivity index (χ4v) is 5.40. The molecule has 1 aliphatic rings. The first kappa shape index (κ1) is 22.0. The number of hydrogen-bond donors (Lipinski definition) is 1. The number of aryl methyl sites for hydroxylation is 2. The van der Waals surface area contributed by atoms with E-state index in [9.17, 15) is 18.0 Å². The Morgan fingerprint density at radius 3 is 2.40 bits per heavy atom. The quantitative estimate of drug-likeness (QED) is 0.699. The smallest absolute Gasteiger partial charge is 0.254 e. The SMILES string of the molecule is CCN(CC(=O)NC1CCS(=O)(=O)C1)C(=O)c1ccccc1CCc1ccccc1. The number of amides is 2. The van der Waals surface area contributed by atoms with Gasteiger partial charge in [-0.05, 0) is 43.4 Å². The average molecular weight is 429 g/mol. The van der Waals surface area contributed by atoms with Gasteiger partial charge in [-0.3, -0.25) is 9.59 Å². The fraction of sp³-hybridized carbons (Fsp3) is 0.391. The van der Waals surface area contributed by atoms with Crippen molar-refractivity contribution in [2.75, 3.05) is 24.6 Å². The Hall–Kier alpha value is -2.67. The summed E-state index contributed by atoms with van der Waals surface area (Å²) in [5.74, 6) is -0.436. The van der Waals surface area contributed by atoms with E-state index in [1.54, 1.807) is 6.07 Å². The number of sulfone groups is 1. The lowest BCUT2D eigenvalue weighted by atomic mass is 9.99. The molecular formula is C23H28N2O4S. The molecule has 7 heteroatoms. The lowest BCUT2D eigenvalue weighted by Gasteiger charge is -2.23. The number of hydrogen-bond acceptors (Lipinski definition) is 4. The molecule has 30 heavy (non-hydrogen) atoms. The van der Waals surface area contributed by atoms with Crippen LogP contribution in [0.3, 0.4) is 0 Å². The maximum absolute atomic E-state index is 13.1. The summed E-state index contributed by atoms with van der Waals surface area (Å²) in [5, 5.41) is 2.75. The molecule has 0 radical (unpaired) electrons. The Labute approximate surface area is 178 Å². The third-order valence-corrected chi connectivity index (χ3v) is 7.14. The molecule has 2 aromatic carbocycles. The zero-order valence-electron chi connectivity index (χ0n) is 17.2. The molecule has 1 atom stereocenters. The fourth-order valence-electron chi connectivity index (χ4n) is 3.72. The lowest BCUT2D eigenvalue weighted by Crippen LogP contribution is -2.44. The van der Waals surface area contributed by atoms with Crippen LogP contribution in [0.25, 0.3) is 0 Å². The van der Waals surface area contributed by atoms with Crippen LogP contribution in [0.4, 0.5) is 0 Å². The van der Waals surface area contributed by atoms with Crippen molar-refractivity contribution in [2.45, 2.75) is 32.2 Å². The Balaban J connectivity index is 1.64. The van der Waals surface area contributed by atoms with Gasteiger partial charge in [0.25, 0.3) is 5.91 Å². The van der Waals surface area contributed by atoms with Crippen LogP contribution < -0.4 is 5.32 Å². The molecule has 0 spiro atoms. The standard InChI is InChI=1S/C23H28N2O4S/c1-2-25(16-22(26)24-20-14-15-30(28,29)17-20)23(27)21-11-7-6-10-19(21)13-12-18-8-4-3-5-9-18/h3-11,20H,2,12-17H2,1H3,(H,24,26). The van der Waals surface area contributed by atoms with Gasteiger partial charge < -0.3 is 10.2 Å². The Bertz CT molecular complexity index is 989. The summed E-state index contributed by atoms with van der Waals surface area (Å²) < 4.78 is 23.2.